The molecule has 0 aromatic heterocycles. The molecule has 1 aromatic rings. The Morgan fingerprint density at radius 3 is 2.85 bits per heavy atom. The minimum atomic E-state index is -0.598. The summed E-state index contributed by atoms with van der Waals surface area (Å²) in [7, 11) is 0. The predicted octanol–water partition coefficient (Wildman–Crippen LogP) is 2.78. The fraction of sp³-hybridized carbons (Fsp3) is 0.500. The third-order valence-electron chi connectivity index (χ3n) is 2.95. The van der Waals surface area contributed by atoms with Gasteiger partial charge in [0.25, 0.3) is 0 Å². The molecule has 4 heteroatoms. The number of halogens is 1. The van der Waals surface area contributed by atoms with E-state index in [1.165, 1.54) is 0 Å². The molecule has 1 aromatic carbocycles. The van der Waals surface area contributed by atoms with Crippen LogP contribution < -0.4 is 10.1 Å². The van der Waals surface area contributed by atoms with Gasteiger partial charge in [-0.15, -0.1) is 6.42 Å². The molecule has 0 aliphatic rings. The van der Waals surface area contributed by atoms with E-state index in [2.05, 4.69) is 18.2 Å². The molecule has 0 amide bonds. The van der Waals surface area contributed by atoms with E-state index in [4.69, 9.17) is 22.8 Å². The Hall–Kier alpha value is -1.21. The van der Waals surface area contributed by atoms with Gasteiger partial charge in [-0.3, -0.25) is 0 Å². The summed E-state index contributed by atoms with van der Waals surface area (Å²) >= 11 is 5.94. The molecule has 0 bridgehead atoms. The van der Waals surface area contributed by atoms with E-state index in [0.29, 0.717) is 17.3 Å². The van der Waals surface area contributed by atoms with Crippen LogP contribution in [0, 0.1) is 19.3 Å². The first-order valence-corrected chi connectivity index (χ1v) is 7.21. The molecule has 2 atom stereocenters. The Bertz CT molecular complexity index is 456. The van der Waals surface area contributed by atoms with Crippen molar-refractivity contribution in [1.29, 1.82) is 0 Å². The highest BCUT2D eigenvalue weighted by Gasteiger charge is 2.09. The van der Waals surface area contributed by atoms with Crippen LogP contribution in [0.5, 0.6) is 5.75 Å². The topological polar surface area (TPSA) is 41.5 Å². The maximum absolute atomic E-state index is 9.86. The molecule has 0 saturated heterocycles. The Morgan fingerprint density at radius 2 is 2.25 bits per heavy atom. The van der Waals surface area contributed by atoms with Crippen molar-refractivity contribution in [3.8, 4) is 18.1 Å². The van der Waals surface area contributed by atoms with Gasteiger partial charge in [-0.1, -0.05) is 30.9 Å². The highest BCUT2D eigenvalue weighted by atomic mass is 35.5. The van der Waals surface area contributed by atoms with Crippen LogP contribution in [0.4, 0.5) is 0 Å². The van der Waals surface area contributed by atoms with Crippen LogP contribution in [-0.2, 0) is 0 Å². The highest BCUT2D eigenvalue weighted by Crippen LogP contribution is 2.21. The van der Waals surface area contributed by atoms with Crippen LogP contribution in [-0.4, -0.2) is 30.4 Å². The van der Waals surface area contributed by atoms with Gasteiger partial charge >= 0.3 is 0 Å². The highest BCUT2D eigenvalue weighted by molar-refractivity contribution is 6.31. The second-order valence-corrected chi connectivity index (χ2v) is 5.20. The van der Waals surface area contributed by atoms with Crippen molar-refractivity contribution >= 4 is 11.6 Å². The minimum Gasteiger partial charge on any atom is -0.491 e. The Morgan fingerprint density at radius 1 is 1.50 bits per heavy atom. The van der Waals surface area contributed by atoms with E-state index in [9.17, 15) is 5.11 Å². The van der Waals surface area contributed by atoms with Gasteiger partial charge < -0.3 is 15.2 Å². The number of terminal acetylenes is 1. The lowest BCUT2D eigenvalue weighted by Crippen LogP contribution is -2.37. The van der Waals surface area contributed by atoms with Crippen molar-refractivity contribution in [3.63, 3.8) is 0 Å². The van der Waals surface area contributed by atoms with Gasteiger partial charge in [-0.2, -0.15) is 0 Å². The number of aryl methyl sites for hydroxylation is 1. The van der Waals surface area contributed by atoms with Crippen LogP contribution in [0.3, 0.4) is 0 Å². The van der Waals surface area contributed by atoms with Crippen molar-refractivity contribution < 1.29 is 9.84 Å². The van der Waals surface area contributed by atoms with Gasteiger partial charge in [-0.05, 0) is 37.1 Å². The van der Waals surface area contributed by atoms with E-state index in [1.807, 2.05) is 13.0 Å². The zero-order chi connectivity index (χ0) is 15.0. The molecule has 0 spiro atoms. The van der Waals surface area contributed by atoms with Crippen molar-refractivity contribution in [3.05, 3.63) is 28.8 Å². The first-order chi connectivity index (χ1) is 9.56. The van der Waals surface area contributed by atoms with Crippen molar-refractivity contribution in [2.45, 2.75) is 38.8 Å². The number of benzene rings is 1. The van der Waals surface area contributed by atoms with Gasteiger partial charge in [0.2, 0.25) is 0 Å². The third-order valence-corrected chi connectivity index (χ3v) is 3.37. The van der Waals surface area contributed by atoms with Crippen molar-refractivity contribution in [2.24, 2.45) is 0 Å². The molecule has 20 heavy (non-hydrogen) atoms. The summed E-state index contributed by atoms with van der Waals surface area (Å²) in [5, 5.41) is 13.7. The molecule has 1 rings (SSSR count). The van der Waals surface area contributed by atoms with E-state index in [1.54, 1.807) is 12.1 Å². The molecule has 2 unspecified atom stereocenters. The first kappa shape index (κ1) is 16.8. The Kier molecular flexibility index (Phi) is 7.46. The number of aliphatic hydroxyl groups is 1. The van der Waals surface area contributed by atoms with Gasteiger partial charge in [0, 0.05) is 11.6 Å². The molecule has 2 N–H and O–H groups in total. The lowest BCUT2D eigenvalue weighted by Gasteiger charge is -2.16. The molecular formula is C16H22ClNO2. The second-order valence-electron chi connectivity index (χ2n) is 4.79. The van der Waals surface area contributed by atoms with Crippen molar-refractivity contribution in [1.82, 2.24) is 5.32 Å². The van der Waals surface area contributed by atoms with Gasteiger partial charge in [0.15, 0.2) is 0 Å². The molecule has 0 saturated carbocycles. The summed E-state index contributed by atoms with van der Waals surface area (Å²) < 4.78 is 5.53. The average Bonchev–Trinajstić information content (AvgIpc) is 2.44. The third kappa shape index (κ3) is 5.83. The summed E-state index contributed by atoms with van der Waals surface area (Å²) in [6.45, 7) is 4.63. The Balaban J connectivity index is 2.34. The summed E-state index contributed by atoms with van der Waals surface area (Å²) in [6, 6.07) is 5.43. The fourth-order valence-electron chi connectivity index (χ4n) is 1.77. The normalized spacial score (nSPS) is 13.6. The largest absolute Gasteiger partial charge is 0.491 e. The van der Waals surface area contributed by atoms with Gasteiger partial charge in [0.1, 0.15) is 18.5 Å². The monoisotopic (exact) mass is 295 g/mol. The smallest absolute Gasteiger partial charge is 0.119 e. The maximum Gasteiger partial charge on any atom is 0.119 e. The average molecular weight is 296 g/mol. The summed E-state index contributed by atoms with van der Waals surface area (Å²) in [5.74, 6) is 3.37. The van der Waals surface area contributed by atoms with Crippen LogP contribution >= 0.6 is 11.6 Å². The minimum absolute atomic E-state index is 0.00688. The number of rotatable bonds is 8. The SMILES string of the molecule is C#CC(CCC)NCC(O)COc1ccc(Cl)c(C)c1. The summed E-state index contributed by atoms with van der Waals surface area (Å²) in [4.78, 5) is 0. The molecule has 0 aliphatic heterocycles. The number of ether oxygens (including phenoxy) is 1. The molecule has 0 aliphatic carbocycles. The number of hydrogen-bond acceptors (Lipinski definition) is 3. The fourth-order valence-corrected chi connectivity index (χ4v) is 1.89. The zero-order valence-electron chi connectivity index (χ0n) is 12.0. The van der Waals surface area contributed by atoms with E-state index in [0.717, 1.165) is 18.4 Å². The predicted molar refractivity (Wildman–Crippen MR) is 83.2 cm³/mol. The second kappa shape index (κ2) is 8.86. The molecule has 0 radical (unpaired) electrons. The quantitative estimate of drug-likeness (QED) is 0.725. The van der Waals surface area contributed by atoms with Gasteiger partial charge in [-0.25, -0.2) is 0 Å². The Labute approximate surface area is 126 Å². The lowest BCUT2D eigenvalue weighted by molar-refractivity contribution is 0.105. The van der Waals surface area contributed by atoms with E-state index < -0.39 is 6.10 Å². The van der Waals surface area contributed by atoms with E-state index >= 15 is 0 Å². The number of nitrogens with one attached hydrogen (secondary N) is 1. The van der Waals surface area contributed by atoms with Gasteiger partial charge in [0.05, 0.1) is 6.04 Å². The van der Waals surface area contributed by atoms with Crippen LogP contribution in [0.2, 0.25) is 5.02 Å². The summed E-state index contributed by atoms with van der Waals surface area (Å²) in [6.07, 6.45) is 6.72. The molecule has 0 heterocycles. The number of aliphatic hydroxyl groups excluding tert-OH is 1. The number of hydrogen-bond donors (Lipinski definition) is 2. The van der Waals surface area contributed by atoms with Crippen LogP contribution in [0.1, 0.15) is 25.3 Å². The maximum atomic E-state index is 9.86. The molecule has 0 fully saturated rings. The molecular weight excluding hydrogens is 274 g/mol. The van der Waals surface area contributed by atoms with E-state index in [-0.39, 0.29) is 12.6 Å². The van der Waals surface area contributed by atoms with Crippen LogP contribution in [0.25, 0.3) is 0 Å². The zero-order valence-corrected chi connectivity index (χ0v) is 12.8. The van der Waals surface area contributed by atoms with Crippen molar-refractivity contribution in [2.75, 3.05) is 13.2 Å². The standard InChI is InChI=1S/C16H22ClNO2/c1-4-6-13(5-2)18-10-14(19)11-20-15-7-8-16(17)12(3)9-15/h2,7-9,13-14,18-19H,4,6,10-11H2,1,3H3. The first-order valence-electron chi connectivity index (χ1n) is 6.83. The van der Waals surface area contributed by atoms with Crippen LogP contribution in [0.15, 0.2) is 18.2 Å². The molecule has 110 valence electrons. The lowest BCUT2D eigenvalue weighted by atomic mass is 10.2. The summed E-state index contributed by atoms with van der Waals surface area (Å²) in [5.41, 5.74) is 0.951. The molecule has 3 nitrogen and oxygen atoms in total.